The van der Waals surface area contributed by atoms with E-state index >= 15 is 4.39 Å². The molecule has 7 rings (SSSR count). The maximum Gasteiger partial charge on any atom is 0.318 e. The van der Waals surface area contributed by atoms with Gasteiger partial charge in [-0.05, 0) is 68.1 Å². The Morgan fingerprint density at radius 2 is 1.73 bits per heavy atom. The number of benzene rings is 3. The monoisotopic (exact) mass is 684 g/mol. The molecule has 5 aromatic rings. The van der Waals surface area contributed by atoms with Crippen LogP contribution in [0.25, 0.3) is 16.9 Å². The van der Waals surface area contributed by atoms with Crippen LogP contribution in [-0.4, -0.2) is 56.7 Å². The zero-order chi connectivity index (χ0) is 34.5. The second-order valence-electron chi connectivity index (χ2n) is 13.3. The molecule has 2 aliphatic rings. The van der Waals surface area contributed by atoms with Crippen molar-refractivity contribution < 1.29 is 23.8 Å². The zero-order valence-corrected chi connectivity index (χ0v) is 28.5. The summed E-state index contributed by atoms with van der Waals surface area (Å²) < 4.78 is 29.6. The maximum absolute atomic E-state index is 15.2. The molecule has 2 aliphatic heterocycles. The molecule has 0 radical (unpaired) electrons. The molecular formula is C38H38ClFN4O5. The molecule has 1 unspecified atom stereocenters. The molecule has 1 atom stereocenters. The van der Waals surface area contributed by atoms with Crippen LogP contribution >= 0.6 is 11.6 Å². The van der Waals surface area contributed by atoms with Crippen LogP contribution in [0.3, 0.4) is 0 Å². The number of carbonyl (C=O) groups excluding carboxylic acids is 1. The van der Waals surface area contributed by atoms with Gasteiger partial charge in [0.05, 0.1) is 42.8 Å². The molecule has 3 aromatic carbocycles. The minimum absolute atomic E-state index is 0.105. The third kappa shape index (κ3) is 5.81. The van der Waals surface area contributed by atoms with Crippen LogP contribution in [0.15, 0.2) is 77.6 Å². The van der Waals surface area contributed by atoms with E-state index in [1.54, 1.807) is 47.9 Å². The Kier molecular flexibility index (Phi) is 8.59. The van der Waals surface area contributed by atoms with Gasteiger partial charge in [0.15, 0.2) is 0 Å². The molecule has 9 nitrogen and oxygen atoms in total. The van der Waals surface area contributed by atoms with Gasteiger partial charge >= 0.3 is 5.97 Å². The first-order valence-electron chi connectivity index (χ1n) is 16.4. The molecule has 0 saturated carbocycles. The highest BCUT2D eigenvalue weighted by atomic mass is 35.5. The van der Waals surface area contributed by atoms with Crippen molar-refractivity contribution in [3.63, 3.8) is 0 Å². The van der Waals surface area contributed by atoms with Gasteiger partial charge in [-0.2, -0.15) is 0 Å². The number of aliphatic hydroxyl groups is 1. The van der Waals surface area contributed by atoms with Gasteiger partial charge in [0.1, 0.15) is 17.0 Å². The van der Waals surface area contributed by atoms with E-state index in [2.05, 4.69) is 4.90 Å². The normalized spacial score (nSPS) is 19.3. The fourth-order valence-corrected chi connectivity index (χ4v) is 7.36. The number of nitrogens with zero attached hydrogens (tertiary/aromatic N) is 4. The van der Waals surface area contributed by atoms with Crippen molar-refractivity contribution in [2.24, 2.45) is 0 Å². The Morgan fingerprint density at radius 3 is 2.41 bits per heavy atom. The van der Waals surface area contributed by atoms with Gasteiger partial charge in [0, 0.05) is 42.3 Å². The Hall–Kier alpha value is -4.51. The van der Waals surface area contributed by atoms with Crippen LogP contribution in [-0.2, 0) is 33.6 Å². The number of cyclic esters (lactones) is 1. The summed E-state index contributed by atoms with van der Waals surface area (Å²) in [5, 5.41) is 12.2. The van der Waals surface area contributed by atoms with Gasteiger partial charge in [0.2, 0.25) is 5.78 Å². The number of rotatable bonds is 8. The van der Waals surface area contributed by atoms with Crippen molar-refractivity contribution in [1.82, 2.24) is 18.9 Å². The SMILES string of the molecule is COc1cccc(-c2c(C)n(Cc3ccccc3F)c3nc(C4(C)CCOC4=O)c(CN4CCC(O)(c5ccc(Cl)cc5)CC4)n3c2=O)c1. The van der Waals surface area contributed by atoms with Crippen molar-refractivity contribution in [2.45, 2.75) is 57.2 Å². The van der Waals surface area contributed by atoms with Gasteiger partial charge in [-0.15, -0.1) is 0 Å². The van der Waals surface area contributed by atoms with Crippen LogP contribution < -0.4 is 10.3 Å². The highest BCUT2D eigenvalue weighted by Gasteiger charge is 2.47. The Labute approximate surface area is 288 Å². The third-order valence-electron chi connectivity index (χ3n) is 10.3. The summed E-state index contributed by atoms with van der Waals surface area (Å²) in [6, 6.07) is 21.1. The molecule has 1 N–H and O–H groups in total. The van der Waals surface area contributed by atoms with Gasteiger partial charge in [-0.1, -0.05) is 54.1 Å². The summed E-state index contributed by atoms with van der Waals surface area (Å²) in [4.78, 5) is 35.4. The first-order chi connectivity index (χ1) is 23.5. The van der Waals surface area contributed by atoms with Gasteiger partial charge in [0.25, 0.3) is 5.56 Å². The molecule has 0 aliphatic carbocycles. The molecule has 254 valence electrons. The summed E-state index contributed by atoms with van der Waals surface area (Å²) in [5.74, 6) is 0.136. The minimum atomic E-state index is -1.09. The molecule has 2 aromatic heterocycles. The van der Waals surface area contributed by atoms with Gasteiger partial charge < -0.3 is 19.1 Å². The quantitative estimate of drug-likeness (QED) is 0.200. The molecule has 0 amide bonds. The second-order valence-corrected chi connectivity index (χ2v) is 13.7. The topological polar surface area (TPSA) is 98.3 Å². The van der Waals surface area contributed by atoms with Crippen LogP contribution in [0.4, 0.5) is 4.39 Å². The van der Waals surface area contributed by atoms with Crippen LogP contribution in [0.1, 0.15) is 54.4 Å². The van der Waals surface area contributed by atoms with E-state index in [1.807, 2.05) is 48.7 Å². The lowest BCUT2D eigenvalue weighted by Crippen LogP contribution is -2.43. The molecule has 2 saturated heterocycles. The fraction of sp³-hybridized carbons (Fsp3) is 0.342. The smallest absolute Gasteiger partial charge is 0.318 e. The Balaban J connectivity index is 1.41. The summed E-state index contributed by atoms with van der Waals surface area (Å²) in [7, 11) is 1.57. The fourth-order valence-electron chi connectivity index (χ4n) is 7.24. The lowest BCUT2D eigenvalue weighted by molar-refractivity contribution is -0.142. The number of piperidine rings is 1. The molecule has 0 bridgehead atoms. The molecule has 49 heavy (non-hydrogen) atoms. The predicted molar refractivity (Wildman–Crippen MR) is 184 cm³/mol. The van der Waals surface area contributed by atoms with E-state index < -0.39 is 17.0 Å². The molecule has 4 heterocycles. The summed E-state index contributed by atoms with van der Waals surface area (Å²) in [5.41, 5.74) is 1.53. The standard InChI is InChI=1S/C38H38ClFN4O5/c1-24-32(25-8-6-9-29(21-25)48-3)34(45)44-31(23-42-18-15-38(47,16-19-42)27-11-13-28(39)14-12-27)33(37(2)17-20-49-35(37)46)41-36(44)43(24)22-26-7-4-5-10-30(26)40/h4-14,21,47H,15-20,22-23H2,1-3H3. The minimum Gasteiger partial charge on any atom is -0.497 e. The lowest BCUT2D eigenvalue weighted by Gasteiger charge is -2.38. The first-order valence-corrected chi connectivity index (χ1v) is 16.8. The van der Waals surface area contributed by atoms with Crippen molar-refractivity contribution >= 4 is 23.3 Å². The summed E-state index contributed by atoms with van der Waals surface area (Å²) in [6.07, 6.45) is 1.33. The highest BCUT2D eigenvalue weighted by Crippen LogP contribution is 2.39. The van der Waals surface area contributed by atoms with Crippen LogP contribution in [0.5, 0.6) is 5.75 Å². The summed E-state index contributed by atoms with van der Waals surface area (Å²) in [6.45, 7) is 5.35. The van der Waals surface area contributed by atoms with Crippen molar-refractivity contribution in [3.05, 3.63) is 122 Å². The Morgan fingerprint density at radius 1 is 1.00 bits per heavy atom. The van der Waals surface area contributed by atoms with Gasteiger partial charge in [-0.3, -0.25) is 14.5 Å². The number of carbonyl (C=O) groups is 1. The number of imidazole rings is 1. The van der Waals surface area contributed by atoms with Crippen molar-refractivity contribution in [2.75, 3.05) is 26.8 Å². The van der Waals surface area contributed by atoms with E-state index in [9.17, 15) is 14.7 Å². The molecule has 2 fully saturated rings. The number of hydrogen-bond acceptors (Lipinski definition) is 7. The highest BCUT2D eigenvalue weighted by molar-refractivity contribution is 6.30. The average molecular weight is 685 g/mol. The largest absolute Gasteiger partial charge is 0.497 e. The van der Waals surface area contributed by atoms with E-state index in [1.165, 1.54) is 6.07 Å². The maximum atomic E-state index is 15.2. The summed E-state index contributed by atoms with van der Waals surface area (Å²) >= 11 is 6.11. The molecular weight excluding hydrogens is 647 g/mol. The number of methoxy groups -OCH3 is 1. The van der Waals surface area contributed by atoms with Crippen molar-refractivity contribution in [3.8, 4) is 16.9 Å². The predicted octanol–water partition coefficient (Wildman–Crippen LogP) is 6.01. The van der Waals surface area contributed by atoms with E-state index in [4.69, 9.17) is 26.1 Å². The third-order valence-corrected chi connectivity index (χ3v) is 10.5. The zero-order valence-electron chi connectivity index (χ0n) is 27.7. The number of ether oxygens (including phenoxy) is 2. The average Bonchev–Trinajstić information content (AvgIpc) is 3.65. The Bertz CT molecular complexity index is 2120. The van der Waals surface area contributed by atoms with Gasteiger partial charge in [-0.25, -0.2) is 13.8 Å². The number of fused-ring (bicyclic) bond motifs is 1. The molecule has 0 spiro atoms. The first kappa shape index (κ1) is 33.0. The van der Waals surface area contributed by atoms with Crippen LogP contribution in [0, 0.1) is 12.7 Å². The van der Waals surface area contributed by atoms with E-state index in [0.717, 1.165) is 5.56 Å². The lowest BCUT2D eigenvalue weighted by atomic mass is 9.83. The van der Waals surface area contributed by atoms with E-state index in [0.29, 0.717) is 89.2 Å². The molecule has 11 heteroatoms. The second kappa shape index (κ2) is 12.7. The van der Waals surface area contributed by atoms with Crippen molar-refractivity contribution in [1.29, 1.82) is 0 Å². The number of esters is 1. The van der Waals surface area contributed by atoms with Crippen LogP contribution in [0.2, 0.25) is 5.02 Å². The number of aromatic nitrogens is 3. The number of likely N-dealkylation sites (tertiary alicyclic amines) is 1. The number of hydrogen-bond donors (Lipinski definition) is 1. The number of halogens is 2. The van der Waals surface area contributed by atoms with E-state index in [-0.39, 0.29) is 24.5 Å².